The maximum absolute atomic E-state index is 12.4. The van der Waals surface area contributed by atoms with Crippen LogP contribution in [0, 0.1) is 13.8 Å². The number of rotatable bonds is 5. The van der Waals surface area contributed by atoms with Crippen molar-refractivity contribution in [1.82, 2.24) is 5.32 Å². The molecule has 0 atom stereocenters. The van der Waals surface area contributed by atoms with Gasteiger partial charge in [0.25, 0.3) is 5.91 Å². The molecule has 1 aromatic carbocycles. The first-order valence-electron chi connectivity index (χ1n) is 6.86. The molecule has 3 N–H and O–H groups in total. The molecule has 0 saturated carbocycles. The van der Waals surface area contributed by atoms with Crippen LogP contribution in [0.5, 0.6) is 0 Å². The number of nitrogens with one attached hydrogen (secondary N) is 1. The van der Waals surface area contributed by atoms with Crippen LogP contribution in [0.3, 0.4) is 0 Å². The predicted octanol–water partition coefficient (Wildman–Crippen LogP) is 2.39. The first kappa shape index (κ1) is 15.6. The Morgan fingerprint density at radius 1 is 1.23 bits per heavy atom. The minimum atomic E-state index is -0.866. The van der Waals surface area contributed by atoms with Crippen molar-refractivity contribution in [2.75, 3.05) is 13.2 Å². The summed E-state index contributed by atoms with van der Waals surface area (Å²) < 4.78 is 10.3. The summed E-state index contributed by atoms with van der Waals surface area (Å²) in [4.78, 5) is 22.9. The highest BCUT2D eigenvalue weighted by Crippen LogP contribution is 2.30. The van der Waals surface area contributed by atoms with Gasteiger partial charge < -0.3 is 20.2 Å². The van der Waals surface area contributed by atoms with Crippen molar-refractivity contribution >= 4 is 12.0 Å². The van der Waals surface area contributed by atoms with E-state index in [0.29, 0.717) is 17.1 Å². The van der Waals surface area contributed by atoms with E-state index < -0.39 is 6.09 Å². The molecule has 2 amide bonds. The van der Waals surface area contributed by atoms with E-state index in [4.69, 9.17) is 10.2 Å². The Balaban J connectivity index is 2.19. The molecule has 0 aliphatic rings. The van der Waals surface area contributed by atoms with Crippen LogP contribution >= 0.6 is 0 Å². The fourth-order valence-electron chi connectivity index (χ4n) is 2.10. The monoisotopic (exact) mass is 302 g/mol. The van der Waals surface area contributed by atoms with Gasteiger partial charge in [0.2, 0.25) is 0 Å². The number of furan rings is 1. The van der Waals surface area contributed by atoms with Crippen LogP contribution in [0.25, 0.3) is 11.3 Å². The quantitative estimate of drug-likeness (QED) is 0.829. The van der Waals surface area contributed by atoms with E-state index in [0.717, 1.165) is 11.1 Å². The number of benzene rings is 1. The zero-order valence-corrected chi connectivity index (χ0v) is 12.5. The molecule has 6 heteroatoms. The molecule has 0 spiro atoms. The summed E-state index contributed by atoms with van der Waals surface area (Å²) in [7, 11) is 0. The van der Waals surface area contributed by atoms with Crippen LogP contribution in [0.15, 0.2) is 34.7 Å². The summed E-state index contributed by atoms with van der Waals surface area (Å²) in [6.07, 6.45) is -0.866. The Bertz CT molecular complexity index is 677. The molecule has 0 bridgehead atoms. The number of nitrogens with two attached hydrogens (primary N) is 1. The van der Waals surface area contributed by atoms with E-state index in [1.165, 1.54) is 0 Å². The van der Waals surface area contributed by atoms with Crippen molar-refractivity contribution in [3.8, 4) is 11.3 Å². The number of ether oxygens (including phenoxy) is 1. The summed E-state index contributed by atoms with van der Waals surface area (Å²) in [5, 5.41) is 2.69. The van der Waals surface area contributed by atoms with Crippen molar-refractivity contribution in [1.29, 1.82) is 0 Å². The number of amides is 2. The van der Waals surface area contributed by atoms with Crippen molar-refractivity contribution in [3.05, 3.63) is 47.2 Å². The number of carbonyl (C=O) groups excluding carboxylic acids is 2. The maximum atomic E-state index is 12.4. The minimum Gasteiger partial charge on any atom is -0.460 e. The number of hydrogen-bond donors (Lipinski definition) is 2. The van der Waals surface area contributed by atoms with Gasteiger partial charge >= 0.3 is 6.09 Å². The van der Waals surface area contributed by atoms with Gasteiger partial charge in [0.05, 0.1) is 12.1 Å². The SMILES string of the molecule is Cc1oc(-c2ccccc2)c(C(=O)NCCOC(N)=O)c1C. The van der Waals surface area contributed by atoms with Gasteiger partial charge in [0.1, 0.15) is 18.1 Å². The van der Waals surface area contributed by atoms with E-state index in [9.17, 15) is 9.59 Å². The molecule has 2 aromatic rings. The van der Waals surface area contributed by atoms with Crippen LogP contribution in [-0.2, 0) is 4.74 Å². The van der Waals surface area contributed by atoms with Gasteiger partial charge in [-0.2, -0.15) is 0 Å². The average molecular weight is 302 g/mol. The van der Waals surface area contributed by atoms with Gasteiger partial charge in [-0.1, -0.05) is 30.3 Å². The van der Waals surface area contributed by atoms with Gasteiger partial charge in [-0.05, 0) is 13.8 Å². The lowest BCUT2D eigenvalue weighted by Crippen LogP contribution is -2.29. The largest absolute Gasteiger partial charge is 0.460 e. The zero-order chi connectivity index (χ0) is 16.1. The smallest absolute Gasteiger partial charge is 0.404 e. The minimum absolute atomic E-state index is 0.0254. The Kier molecular flexibility index (Phi) is 4.83. The zero-order valence-electron chi connectivity index (χ0n) is 12.5. The third-order valence-corrected chi connectivity index (χ3v) is 3.28. The topological polar surface area (TPSA) is 94.6 Å². The van der Waals surface area contributed by atoms with Gasteiger partial charge in [0, 0.05) is 11.1 Å². The Morgan fingerprint density at radius 2 is 1.91 bits per heavy atom. The summed E-state index contributed by atoms with van der Waals surface area (Å²) in [6.45, 7) is 3.85. The lowest BCUT2D eigenvalue weighted by atomic mass is 10.0. The lowest BCUT2D eigenvalue weighted by Gasteiger charge is -2.06. The molecule has 0 unspecified atom stereocenters. The summed E-state index contributed by atoms with van der Waals surface area (Å²) in [5.41, 5.74) is 6.96. The van der Waals surface area contributed by atoms with E-state index >= 15 is 0 Å². The third kappa shape index (κ3) is 3.46. The molecular weight excluding hydrogens is 284 g/mol. The summed E-state index contributed by atoms with van der Waals surface area (Å²) in [5.74, 6) is 0.947. The van der Waals surface area contributed by atoms with Crippen LogP contribution in [0.4, 0.5) is 4.79 Å². The predicted molar refractivity (Wildman–Crippen MR) is 81.5 cm³/mol. The molecule has 22 heavy (non-hydrogen) atoms. The fourth-order valence-corrected chi connectivity index (χ4v) is 2.10. The van der Waals surface area contributed by atoms with Crippen LogP contribution in [0.1, 0.15) is 21.7 Å². The molecule has 0 radical (unpaired) electrons. The first-order valence-corrected chi connectivity index (χ1v) is 6.86. The molecular formula is C16H18N2O4. The number of primary amides is 1. The molecule has 0 fully saturated rings. The van der Waals surface area contributed by atoms with Crippen LogP contribution in [0.2, 0.25) is 0 Å². The van der Waals surface area contributed by atoms with Crippen molar-refractivity contribution in [2.45, 2.75) is 13.8 Å². The molecule has 2 rings (SSSR count). The van der Waals surface area contributed by atoms with Gasteiger partial charge in [0.15, 0.2) is 0 Å². The van der Waals surface area contributed by atoms with E-state index in [1.807, 2.05) is 44.2 Å². The lowest BCUT2D eigenvalue weighted by molar-refractivity contribution is 0.0936. The second-order valence-corrected chi connectivity index (χ2v) is 4.78. The highest BCUT2D eigenvalue weighted by atomic mass is 16.5. The molecule has 1 aromatic heterocycles. The third-order valence-electron chi connectivity index (χ3n) is 3.28. The van der Waals surface area contributed by atoms with Crippen molar-refractivity contribution in [2.24, 2.45) is 5.73 Å². The molecule has 0 aliphatic heterocycles. The maximum Gasteiger partial charge on any atom is 0.404 e. The van der Waals surface area contributed by atoms with Gasteiger partial charge in [-0.3, -0.25) is 4.79 Å². The van der Waals surface area contributed by atoms with Crippen molar-refractivity contribution < 1.29 is 18.7 Å². The Morgan fingerprint density at radius 3 is 2.55 bits per heavy atom. The fraction of sp³-hybridized carbons (Fsp3) is 0.250. The molecule has 0 saturated heterocycles. The highest BCUT2D eigenvalue weighted by Gasteiger charge is 2.22. The van der Waals surface area contributed by atoms with Crippen LogP contribution in [-0.4, -0.2) is 25.2 Å². The number of hydrogen-bond acceptors (Lipinski definition) is 4. The highest BCUT2D eigenvalue weighted by molar-refractivity contribution is 6.01. The Hall–Kier alpha value is -2.76. The van der Waals surface area contributed by atoms with E-state index in [-0.39, 0.29) is 19.1 Å². The molecule has 0 aliphatic carbocycles. The second kappa shape index (κ2) is 6.80. The van der Waals surface area contributed by atoms with Crippen LogP contribution < -0.4 is 11.1 Å². The second-order valence-electron chi connectivity index (χ2n) is 4.78. The van der Waals surface area contributed by atoms with E-state index in [1.54, 1.807) is 0 Å². The van der Waals surface area contributed by atoms with Gasteiger partial charge in [-0.15, -0.1) is 0 Å². The van der Waals surface area contributed by atoms with E-state index in [2.05, 4.69) is 10.1 Å². The first-order chi connectivity index (χ1) is 10.5. The number of carbonyl (C=O) groups is 2. The van der Waals surface area contributed by atoms with Crippen molar-refractivity contribution in [3.63, 3.8) is 0 Å². The normalized spacial score (nSPS) is 10.3. The molecule has 1 heterocycles. The number of aryl methyl sites for hydroxylation is 1. The molecule has 6 nitrogen and oxygen atoms in total. The average Bonchev–Trinajstić information content (AvgIpc) is 2.80. The van der Waals surface area contributed by atoms with Gasteiger partial charge in [-0.25, -0.2) is 4.79 Å². The molecule has 116 valence electrons. The Labute approximate surface area is 128 Å². The summed E-state index contributed by atoms with van der Waals surface area (Å²) >= 11 is 0. The standard InChI is InChI=1S/C16H18N2O4/c1-10-11(2)22-14(12-6-4-3-5-7-12)13(10)15(19)18-8-9-21-16(17)20/h3-7H,8-9H2,1-2H3,(H2,17,20)(H,18,19). The summed E-state index contributed by atoms with van der Waals surface area (Å²) in [6, 6.07) is 9.41.